The van der Waals surface area contributed by atoms with E-state index in [2.05, 4.69) is 5.32 Å². The molecule has 0 aliphatic heterocycles. The molecule has 48 heavy (non-hydrogen) atoms. The van der Waals surface area contributed by atoms with E-state index < -0.39 is 34.3 Å². The van der Waals surface area contributed by atoms with Crippen molar-refractivity contribution >= 4 is 50.7 Å². The Morgan fingerprint density at radius 1 is 0.854 bits per heavy atom. The highest BCUT2D eigenvalue weighted by atomic mass is 35.5. The summed E-state index contributed by atoms with van der Waals surface area (Å²) in [5, 5.41) is 3.72. The van der Waals surface area contributed by atoms with Crippen LogP contribution in [0.3, 0.4) is 0 Å². The number of nitrogens with one attached hydrogen (secondary N) is 1. The maximum Gasteiger partial charge on any atom is 0.264 e. The number of sulfonamides is 1. The fraction of sp³-hybridized carbons (Fsp3) is 0.297. The van der Waals surface area contributed by atoms with Gasteiger partial charge in [-0.3, -0.25) is 13.9 Å². The van der Waals surface area contributed by atoms with Crippen LogP contribution in [0.25, 0.3) is 0 Å². The highest BCUT2D eigenvalue weighted by Gasteiger charge is 2.36. The number of para-hydroxylation sites is 1. The van der Waals surface area contributed by atoms with Gasteiger partial charge in [0.15, 0.2) is 0 Å². The number of carbonyl (C=O) groups excluding carboxylic acids is 2. The van der Waals surface area contributed by atoms with Crippen molar-refractivity contribution in [3.63, 3.8) is 0 Å². The van der Waals surface area contributed by atoms with E-state index in [9.17, 15) is 18.0 Å². The van der Waals surface area contributed by atoms with E-state index in [1.165, 1.54) is 35.2 Å². The molecular formula is C37H38Cl2FN3O4S. The third-order valence-electron chi connectivity index (χ3n) is 8.62. The van der Waals surface area contributed by atoms with E-state index >= 15 is 4.39 Å². The Kier molecular flexibility index (Phi) is 11.8. The zero-order chi connectivity index (χ0) is 34.3. The zero-order valence-electron chi connectivity index (χ0n) is 26.6. The summed E-state index contributed by atoms with van der Waals surface area (Å²) in [4.78, 5) is 30.1. The quantitative estimate of drug-likeness (QED) is 0.163. The number of amides is 2. The second-order valence-corrected chi connectivity index (χ2v) is 14.7. The van der Waals surface area contributed by atoms with Crippen LogP contribution in [0.15, 0.2) is 102 Å². The Hall–Kier alpha value is -3.92. The van der Waals surface area contributed by atoms with Gasteiger partial charge < -0.3 is 10.2 Å². The molecule has 1 aliphatic carbocycles. The van der Waals surface area contributed by atoms with Crippen LogP contribution in [-0.4, -0.2) is 43.8 Å². The average Bonchev–Trinajstić information content (AvgIpc) is 3.07. The molecule has 4 aromatic rings. The summed E-state index contributed by atoms with van der Waals surface area (Å²) < 4.78 is 44.4. The second kappa shape index (κ2) is 16.0. The van der Waals surface area contributed by atoms with E-state index in [4.69, 9.17) is 23.2 Å². The molecule has 2 amide bonds. The average molecular weight is 711 g/mol. The number of nitrogens with zero attached hydrogens (tertiary/aromatic N) is 2. The fourth-order valence-corrected chi connectivity index (χ4v) is 7.90. The number of carbonyl (C=O) groups is 2. The molecule has 0 unspecified atom stereocenters. The van der Waals surface area contributed by atoms with Crippen molar-refractivity contribution in [3.8, 4) is 0 Å². The van der Waals surface area contributed by atoms with Crippen LogP contribution < -0.4 is 9.62 Å². The van der Waals surface area contributed by atoms with Crippen LogP contribution in [0.4, 0.5) is 10.1 Å². The largest absolute Gasteiger partial charge is 0.352 e. The topological polar surface area (TPSA) is 86.8 Å². The minimum atomic E-state index is -4.45. The molecule has 5 rings (SSSR count). The van der Waals surface area contributed by atoms with Crippen LogP contribution in [0.5, 0.6) is 0 Å². The molecule has 0 spiro atoms. The predicted molar refractivity (Wildman–Crippen MR) is 188 cm³/mol. The van der Waals surface area contributed by atoms with Gasteiger partial charge in [0.2, 0.25) is 11.8 Å². The lowest BCUT2D eigenvalue weighted by atomic mass is 9.94. The van der Waals surface area contributed by atoms with Crippen molar-refractivity contribution < 1.29 is 22.4 Å². The molecular weight excluding hydrogens is 672 g/mol. The summed E-state index contributed by atoms with van der Waals surface area (Å²) in [6.07, 6.45) is 4.85. The van der Waals surface area contributed by atoms with Crippen molar-refractivity contribution in [2.24, 2.45) is 0 Å². The smallest absolute Gasteiger partial charge is 0.264 e. The van der Waals surface area contributed by atoms with Gasteiger partial charge in [0.1, 0.15) is 18.4 Å². The Morgan fingerprint density at radius 3 is 2.12 bits per heavy atom. The maximum atomic E-state index is 15.4. The Labute approximate surface area is 291 Å². The van der Waals surface area contributed by atoms with Gasteiger partial charge in [-0.15, -0.1) is 0 Å². The van der Waals surface area contributed by atoms with Gasteiger partial charge in [-0.2, -0.15) is 0 Å². The first-order valence-corrected chi connectivity index (χ1v) is 18.1. The lowest BCUT2D eigenvalue weighted by Gasteiger charge is -2.35. The fourth-order valence-electron chi connectivity index (χ4n) is 5.96. The Bertz CT molecular complexity index is 1820. The first-order chi connectivity index (χ1) is 23.0. The molecule has 0 heterocycles. The number of rotatable bonds is 12. The van der Waals surface area contributed by atoms with Crippen molar-refractivity contribution in [1.29, 1.82) is 0 Å². The van der Waals surface area contributed by atoms with E-state index in [1.54, 1.807) is 30.3 Å². The molecule has 252 valence electrons. The number of anilines is 1. The van der Waals surface area contributed by atoms with Gasteiger partial charge in [-0.05, 0) is 61.7 Å². The predicted octanol–water partition coefficient (Wildman–Crippen LogP) is 7.73. The van der Waals surface area contributed by atoms with Gasteiger partial charge in [0.25, 0.3) is 10.0 Å². The van der Waals surface area contributed by atoms with E-state index in [0.29, 0.717) is 5.56 Å². The minimum Gasteiger partial charge on any atom is -0.352 e. The van der Waals surface area contributed by atoms with Crippen molar-refractivity contribution in [2.75, 3.05) is 10.8 Å². The molecule has 0 saturated heterocycles. The summed E-state index contributed by atoms with van der Waals surface area (Å²) in [5.74, 6) is -1.93. The van der Waals surface area contributed by atoms with E-state index in [0.717, 1.165) is 53.6 Å². The van der Waals surface area contributed by atoms with Crippen LogP contribution in [0, 0.1) is 12.7 Å². The zero-order valence-corrected chi connectivity index (χ0v) is 28.9. The highest BCUT2D eigenvalue weighted by molar-refractivity contribution is 7.92. The second-order valence-electron chi connectivity index (χ2n) is 12.0. The van der Waals surface area contributed by atoms with E-state index in [1.807, 2.05) is 37.3 Å². The third-order valence-corrected chi connectivity index (χ3v) is 11.1. The lowest BCUT2D eigenvalue weighted by Crippen LogP contribution is -2.55. The number of hydrogen-bond donors (Lipinski definition) is 1. The highest BCUT2D eigenvalue weighted by Crippen LogP contribution is 2.30. The van der Waals surface area contributed by atoms with Crippen LogP contribution in [0.2, 0.25) is 10.0 Å². The molecule has 1 saturated carbocycles. The molecule has 1 N–H and O–H groups in total. The first kappa shape index (κ1) is 35.4. The van der Waals surface area contributed by atoms with Crippen molar-refractivity contribution in [1.82, 2.24) is 10.2 Å². The Balaban J connectivity index is 1.60. The monoisotopic (exact) mass is 709 g/mol. The normalized spacial score (nSPS) is 14.2. The van der Waals surface area contributed by atoms with Gasteiger partial charge >= 0.3 is 0 Å². The lowest BCUT2D eigenvalue weighted by molar-refractivity contribution is -0.140. The Morgan fingerprint density at radius 2 is 1.48 bits per heavy atom. The number of aryl methyl sites for hydroxylation is 1. The van der Waals surface area contributed by atoms with Crippen molar-refractivity contribution in [3.05, 3.63) is 130 Å². The van der Waals surface area contributed by atoms with Gasteiger partial charge in [-0.1, -0.05) is 109 Å². The molecule has 0 aromatic heterocycles. The number of halogens is 3. The van der Waals surface area contributed by atoms with E-state index in [-0.39, 0.29) is 45.5 Å². The molecule has 0 radical (unpaired) electrons. The van der Waals surface area contributed by atoms with Crippen molar-refractivity contribution in [2.45, 2.75) is 69.0 Å². The number of hydrogen-bond acceptors (Lipinski definition) is 4. The summed E-state index contributed by atoms with van der Waals surface area (Å²) in [6.45, 7) is 0.835. The molecule has 1 aliphatic rings. The van der Waals surface area contributed by atoms with Gasteiger partial charge in [0.05, 0.1) is 10.6 Å². The van der Waals surface area contributed by atoms with Crippen LogP contribution in [-0.2, 0) is 32.6 Å². The molecule has 7 nitrogen and oxygen atoms in total. The SMILES string of the molecule is Cc1ccc(S(=O)(=O)N(CC(=O)N(Cc2c(Cl)cccc2Cl)[C@@H](Cc2ccccc2)C(=O)NC2CCCCC2)c2ccccc2F)cc1. The summed E-state index contributed by atoms with van der Waals surface area (Å²) in [5.41, 5.74) is 1.73. The molecule has 0 bridgehead atoms. The maximum absolute atomic E-state index is 15.4. The summed E-state index contributed by atoms with van der Waals surface area (Å²) in [7, 11) is -4.45. The molecule has 1 atom stereocenters. The molecule has 1 fully saturated rings. The molecule has 11 heteroatoms. The summed E-state index contributed by atoms with van der Waals surface area (Å²) >= 11 is 13.2. The first-order valence-electron chi connectivity index (χ1n) is 15.9. The van der Waals surface area contributed by atoms with Gasteiger partial charge in [-0.25, -0.2) is 12.8 Å². The van der Waals surface area contributed by atoms with Crippen LogP contribution in [0.1, 0.15) is 48.8 Å². The molecule has 4 aromatic carbocycles. The third kappa shape index (κ3) is 8.56. The standard InChI is InChI=1S/C37H38Cl2FN3O4S/c1-26-19-21-29(22-20-26)48(46,47)43(34-18-9-8-17-33(34)40)25-36(44)42(24-30-31(38)15-10-16-32(30)39)35(23-27-11-4-2-5-12-27)37(45)41-28-13-6-3-7-14-28/h2,4-5,8-12,15-22,28,35H,3,6-7,13-14,23-25H2,1H3,(H,41,45)/t35-/m0/s1. The van der Waals surface area contributed by atoms with Crippen LogP contribution >= 0.6 is 23.2 Å². The number of benzene rings is 4. The minimum absolute atomic E-state index is 0.0535. The van der Waals surface area contributed by atoms with Gasteiger partial charge in [0, 0.05) is 34.6 Å². The summed E-state index contributed by atoms with van der Waals surface area (Å²) in [6, 6.07) is 24.5.